The molecule has 4 saturated heterocycles. The van der Waals surface area contributed by atoms with Gasteiger partial charge in [-0.1, -0.05) is 0 Å². The molecule has 0 spiro atoms. The number of imidazole rings is 1. The van der Waals surface area contributed by atoms with Crippen LogP contribution >= 0.6 is 0 Å². The molecule has 2 aromatic rings. The lowest BCUT2D eigenvalue weighted by atomic mass is 10.1. The number of aliphatic hydroxyl groups excluding tert-OH is 3. The molecule has 2 bridgehead atoms. The molecule has 4 atom stereocenters. The lowest BCUT2D eigenvalue weighted by Crippen LogP contribution is -2.68. The molecule has 2 aromatic heterocycles. The number of quaternary nitrogens is 1. The van der Waals surface area contributed by atoms with Crippen LogP contribution in [-0.4, -0.2) is 110 Å². The predicted molar refractivity (Wildman–Crippen MR) is 96.9 cm³/mol. The van der Waals surface area contributed by atoms with Crippen LogP contribution in [0.2, 0.25) is 0 Å². The van der Waals surface area contributed by atoms with Gasteiger partial charge in [0.1, 0.15) is 24.6 Å². The Labute approximate surface area is 160 Å². The van der Waals surface area contributed by atoms with Crippen molar-refractivity contribution in [3.8, 4) is 0 Å². The maximum atomic E-state index is 10.1. The molecule has 12 nitrogen and oxygen atoms in total. The molecule has 0 amide bonds. The van der Waals surface area contributed by atoms with Crippen LogP contribution in [0.15, 0.2) is 6.33 Å². The minimum Gasteiger partial charge on any atom is -0.394 e. The van der Waals surface area contributed by atoms with Gasteiger partial charge in [-0.15, -0.1) is 4.73 Å². The SMILES string of the molecule is Nc1nc([N+]23CCN(CC2)CC3)c2ncn(O[C@@H]3O[C@H](CO)[C@@H](O)[C@H]3O)c2n1. The van der Waals surface area contributed by atoms with E-state index in [4.69, 9.17) is 15.3 Å². The first-order chi connectivity index (χ1) is 13.5. The number of nitrogen functional groups attached to an aromatic ring is 1. The summed E-state index contributed by atoms with van der Waals surface area (Å²) in [5, 5.41) is 29.3. The summed E-state index contributed by atoms with van der Waals surface area (Å²) in [6, 6.07) is 0. The van der Waals surface area contributed by atoms with Crippen LogP contribution in [0, 0.1) is 0 Å². The average Bonchev–Trinajstić information content (AvgIpc) is 3.24. The minimum atomic E-state index is -1.31. The Hall–Kier alpha value is -2.09. The zero-order valence-corrected chi connectivity index (χ0v) is 15.3. The first-order valence-corrected chi connectivity index (χ1v) is 9.40. The van der Waals surface area contributed by atoms with Crippen molar-refractivity contribution in [3.63, 3.8) is 0 Å². The summed E-state index contributed by atoms with van der Waals surface area (Å²) in [5.74, 6) is 0.903. The normalized spacial score (nSPS) is 37.6. The molecule has 0 unspecified atom stereocenters. The van der Waals surface area contributed by atoms with Gasteiger partial charge in [-0.3, -0.25) is 9.38 Å². The van der Waals surface area contributed by atoms with Gasteiger partial charge >= 0.3 is 0 Å². The number of fused-ring (bicyclic) bond motifs is 4. The third-order valence-corrected chi connectivity index (χ3v) is 6.06. The second-order valence-corrected chi connectivity index (χ2v) is 7.62. The molecular weight excluding hydrogens is 370 g/mol. The van der Waals surface area contributed by atoms with Crippen molar-refractivity contribution >= 4 is 22.9 Å². The molecule has 0 aliphatic carbocycles. The highest BCUT2D eigenvalue weighted by molar-refractivity contribution is 5.83. The Kier molecular flexibility index (Phi) is 4.15. The molecule has 0 radical (unpaired) electrons. The highest BCUT2D eigenvalue weighted by atomic mass is 16.8. The van der Waals surface area contributed by atoms with Crippen molar-refractivity contribution in [2.75, 3.05) is 51.6 Å². The number of nitrogens with zero attached hydrogens (tertiary/aromatic N) is 6. The second kappa shape index (κ2) is 6.47. The van der Waals surface area contributed by atoms with Crippen molar-refractivity contribution in [2.24, 2.45) is 0 Å². The third kappa shape index (κ3) is 2.64. The summed E-state index contributed by atoms with van der Waals surface area (Å²) >= 11 is 0. The molecule has 0 saturated carbocycles. The Balaban J connectivity index is 1.50. The van der Waals surface area contributed by atoms with Crippen LogP contribution in [0.3, 0.4) is 0 Å². The number of rotatable bonds is 4. The molecule has 0 aromatic carbocycles. The summed E-state index contributed by atoms with van der Waals surface area (Å²) in [6.45, 7) is 5.40. The molecular formula is C16H24N7O5+. The summed E-state index contributed by atoms with van der Waals surface area (Å²) in [5.41, 5.74) is 6.96. The zero-order valence-electron chi connectivity index (χ0n) is 15.3. The van der Waals surface area contributed by atoms with Crippen LogP contribution in [0.5, 0.6) is 0 Å². The zero-order chi connectivity index (χ0) is 19.5. The monoisotopic (exact) mass is 394 g/mol. The number of aliphatic hydroxyl groups is 3. The molecule has 12 heteroatoms. The number of piperazine rings is 3. The Bertz CT molecular complexity index is 870. The summed E-state index contributed by atoms with van der Waals surface area (Å²) in [4.78, 5) is 21.3. The van der Waals surface area contributed by atoms with Crippen molar-refractivity contribution in [2.45, 2.75) is 24.6 Å². The van der Waals surface area contributed by atoms with Gasteiger partial charge in [-0.25, -0.2) is 4.98 Å². The van der Waals surface area contributed by atoms with Crippen molar-refractivity contribution in [1.82, 2.24) is 29.1 Å². The first kappa shape index (κ1) is 18.0. The standard InChI is InChI=1S/C16H24N7O5/c17-16-19-13-10(14(20-16)23-4-1-21(2-5-23)3-6-23)18-8-22(13)28-15-12(26)11(25)9(7-24)27-15/h8-9,11-12,15,24-26H,1-7H2,(H2,17,19,20)/q+1/t9-,11-,12-,15+/m1/s1. The third-order valence-electron chi connectivity index (χ3n) is 6.06. The maximum absolute atomic E-state index is 10.1. The fourth-order valence-corrected chi connectivity index (χ4v) is 4.34. The highest BCUT2D eigenvalue weighted by Gasteiger charge is 2.46. The molecule has 5 N–H and O–H groups in total. The lowest BCUT2D eigenvalue weighted by Gasteiger charge is -2.49. The van der Waals surface area contributed by atoms with Crippen LogP contribution in [0.1, 0.15) is 0 Å². The van der Waals surface area contributed by atoms with E-state index in [1.807, 2.05) is 0 Å². The van der Waals surface area contributed by atoms with Crippen molar-refractivity contribution < 1.29 is 24.9 Å². The minimum absolute atomic E-state index is 0.120. The maximum Gasteiger partial charge on any atom is 0.261 e. The topological polar surface area (TPSA) is 152 Å². The van der Waals surface area contributed by atoms with E-state index in [1.165, 1.54) is 11.1 Å². The smallest absolute Gasteiger partial charge is 0.261 e. The van der Waals surface area contributed by atoms with E-state index in [0.29, 0.717) is 15.6 Å². The quantitative estimate of drug-likeness (QED) is 0.393. The van der Waals surface area contributed by atoms with Crippen LogP contribution in [-0.2, 0) is 4.74 Å². The van der Waals surface area contributed by atoms with E-state index < -0.39 is 31.2 Å². The van der Waals surface area contributed by atoms with E-state index in [-0.39, 0.29) is 5.95 Å². The van der Waals surface area contributed by atoms with Crippen molar-refractivity contribution in [1.29, 1.82) is 0 Å². The van der Waals surface area contributed by atoms with Crippen molar-refractivity contribution in [3.05, 3.63) is 6.33 Å². The Morgan fingerprint density at radius 3 is 2.54 bits per heavy atom. The van der Waals surface area contributed by atoms with E-state index >= 15 is 0 Å². The summed E-state index contributed by atoms with van der Waals surface area (Å²) in [6.07, 6.45) is -3.23. The lowest BCUT2D eigenvalue weighted by molar-refractivity contribution is -0.169. The second-order valence-electron chi connectivity index (χ2n) is 7.62. The van der Waals surface area contributed by atoms with Crippen LogP contribution < -0.4 is 15.1 Å². The van der Waals surface area contributed by atoms with Gasteiger partial charge in [-0.05, 0) is 0 Å². The predicted octanol–water partition coefficient (Wildman–Crippen LogP) is -3.09. The van der Waals surface area contributed by atoms with Gasteiger partial charge in [0.2, 0.25) is 11.6 Å². The van der Waals surface area contributed by atoms with E-state index in [2.05, 4.69) is 19.9 Å². The average molecular weight is 394 g/mol. The van der Waals surface area contributed by atoms with E-state index in [0.717, 1.165) is 45.1 Å². The van der Waals surface area contributed by atoms with Gasteiger partial charge in [0.15, 0.2) is 5.52 Å². The fraction of sp³-hybridized carbons (Fsp3) is 0.688. The number of aromatic nitrogens is 4. The molecule has 6 rings (SSSR count). The van der Waals surface area contributed by atoms with E-state index in [9.17, 15) is 15.3 Å². The Morgan fingerprint density at radius 1 is 1.18 bits per heavy atom. The molecule has 152 valence electrons. The van der Waals surface area contributed by atoms with Gasteiger partial charge in [0.25, 0.3) is 12.1 Å². The number of hydrogen-bond acceptors (Lipinski definition) is 10. The fourth-order valence-electron chi connectivity index (χ4n) is 4.34. The summed E-state index contributed by atoms with van der Waals surface area (Å²) in [7, 11) is 0. The van der Waals surface area contributed by atoms with Gasteiger partial charge in [0.05, 0.1) is 26.2 Å². The molecule has 4 aliphatic rings. The molecule has 6 heterocycles. The summed E-state index contributed by atoms with van der Waals surface area (Å²) < 4.78 is 7.36. The highest BCUT2D eigenvalue weighted by Crippen LogP contribution is 2.33. The van der Waals surface area contributed by atoms with Crippen LogP contribution in [0.25, 0.3) is 11.2 Å². The Morgan fingerprint density at radius 2 is 1.89 bits per heavy atom. The largest absolute Gasteiger partial charge is 0.394 e. The van der Waals surface area contributed by atoms with Crippen LogP contribution in [0.4, 0.5) is 11.8 Å². The van der Waals surface area contributed by atoms with E-state index in [1.54, 1.807) is 0 Å². The number of nitrogens with two attached hydrogens (primary N) is 1. The number of ether oxygens (including phenoxy) is 1. The number of hydrogen-bond donors (Lipinski definition) is 4. The molecule has 4 fully saturated rings. The first-order valence-electron chi connectivity index (χ1n) is 9.40. The van der Waals surface area contributed by atoms with Gasteiger partial charge in [-0.2, -0.15) is 9.97 Å². The molecule has 4 aliphatic heterocycles. The van der Waals surface area contributed by atoms with Gasteiger partial charge in [0, 0.05) is 19.6 Å². The molecule has 28 heavy (non-hydrogen) atoms. The number of anilines is 1. The van der Waals surface area contributed by atoms with Gasteiger partial charge < -0.3 is 30.6 Å².